The van der Waals surface area contributed by atoms with E-state index in [2.05, 4.69) is 34.4 Å². The smallest absolute Gasteiger partial charge is 0.216 e. The molecule has 1 aromatic heterocycles. The molecule has 0 fully saturated rings. The van der Waals surface area contributed by atoms with Crippen LogP contribution in [0.25, 0.3) is 0 Å². The summed E-state index contributed by atoms with van der Waals surface area (Å²) < 4.78 is 7.15. The van der Waals surface area contributed by atoms with Gasteiger partial charge in [-0.3, -0.25) is 8.77 Å². The van der Waals surface area contributed by atoms with Gasteiger partial charge in [-0.15, -0.1) is 0 Å². The van der Waals surface area contributed by atoms with Gasteiger partial charge in [0, 0.05) is 48.4 Å². The van der Waals surface area contributed by atoms with Crippen LogP contribution in [0.3, 0.4) is 0 Å². The van der Waals surface area contributed by atoms with Crippen LogP contribution in [-0.2, 0) is 0 Å². The monoisotopic (exact) mass is 470 g/mol. The Morgan fingerprint density at radius 3 is 2.76 bits per heavy atom. The molecule has 0 bridgehead atoms. The summed E-state index contributed by atoms with van der Waals surface area (Å²) in [5.41, 5.74) is 2.96. The van der Waals surface area contributed by atoms with E-state index < -0.39 is 0 Å². The number of rotatable bonds is 8. The average Bonchev–Trinajstić information content (AvgIpc) is 3.05. The Morgan fingerprint density at radius 2 is 2.20 bits per heavy atom. The molecule has 0 saturated carbocycles. The van der Waals surface area contributed by atoms with Crippen molar-refractivity contribution in [3.05, 3.63) is 72.3 Å². The topological polar surface area (TPSA) is 54.7 Å². The van der Waals surface area contributed by atoms with Crippen molar-refractivity contribution in [2.45, 2.75) is 6.92 Å². The summed E-state index contributed by atoms with van der Waals surface area (Å²) >= 11 is 2.11. The Balaban J connectivity index is 2.62. The summed E-state index contributed by atoms with van der Waals surface area (Å²) in [6, 6.07) is 7.25. The van der Waals surface area contributed by atoms with Crippen LogP contribution >= 0.6 is 30.3 Å². The van der Waals surface area contributed by atoms with E-state index in [-0.39, 0.29) is 12.4 Å². The second-order valence-corrected chi connectivity index (χ2v) is 6.97. The molecule has 0 spiro atoms. The summed E-state index contributed by atoms with van der Waals surface area (Å²) in [6.07, 6.45) is 3.32. The van der Waals surface area contributed by atoms with Gasteiger partial charge in [0.05, 0.1) is 25.0 Å². The minimum absolute atomic E-state index is 0.182. The highest BCUT2D eigenvalue weighted by molar-refractivity contribution is 14.2. The number of halogens is 1. The Labute approximate surface area is 163 Å². The number of aryl methyl sites for hydroxylation is 1. The Morgan fingerprint density at radius 1 is 1.48 bits per heavy atom. The zero-order valence-corrected chi connectivity index (χ0v) is 17.0. The molecule has 1 aromatic carbocycles. The van der Waals surface area contributed by atoms with Gasteiger partial charge < -0.3 is 14.7 Å². The third-order valence-electron chi connectivity index (χ3n) is 3.69. The quantitative estimate of drug-likeness (QED) is 0.460. The average molecular weight is 470 g/mol. The van der Waals surface area contributed by atoms with Crippen LogP contribution in [0, 0.1) is 6.92 Å². The molecule has 1 heterocycles. The first-order valence-corrected chi connectivity index (χ1v) is 10.7. The highest BCUT2D eigenvalue weighted by atomic mass is 127. The van der Waals surface area contributed by atoms with Crippen molar-refractivity contribution in [2.24, 2.45) is 0 Å². The SMILES string of the molecule is C=CN(C(=C)CO)c1ccn(SI)c1C(=O)c1ccc(C)cc1OC. The minimum Gasteiger partial charge on any atom is -0.496 e. The second-order valence-electron chi connectivity index (χ2n) is 5.25. The lowest BCUT2D eigenvalue weighted by Gasteiger charge is -2.22. The number of aliphatic hydroxyl groups is 1. The van der Waals surface area contributed by atoms with E-state index in [1.54, 1.807) is 34.3 Å². The number of methoxy groups -OCH3 is 1. The summed E-state index contributed by atoms with van der Waals surface area (Å²) in [6.45, 7) is 9.29. The van der Waals surface area contributed by atoms with E-state index in [9.17, 15) is 9.90 Å². The molecule has 0 amide bonds. The van der Waals surface area contributed by atoms with Gasteiger partial charge in [-0.05, 0) is 30.7 Å². The molecule has 1 N–H and O–H groups in total. The summed E-state index contributed by atoms with van der Waals surface area (Å²) in [7, 11) is 2.92. The first-order valence-electron chi connectivity index (χ1n) is 7.38. The van der Waals surface area contributed by atoms with Gasteiger partial charge in [0.25, 0.3) is 0 Å². The van der Waals surface area contributed by atoms with Crippen LogP contribution in [0.15, 0.2) is 55.5 Å². The molecular formula is C18H19IN2O3S. The lowest BCUT2D eigenvalue weighted by molar-refractivity contribution is 0.103. The Bertz CT molecular complexity index is 817. The van der Waals surface area contributed by atoms with E-state index in [0.717, 1.165) is 5.56 Å². The van der Waals surface area contributed by atoms with Crippen molar-refractivity contribution in [3.8, 4) is 5.75 Å². The zero-order chi connectivity index (χ0) is 18.6. The lowest BCUT2D eigenvalue weighted by atomic mass is 10.0. The molecule has 25 heavy (non-hydrogen) atoms. The van der Waals surface area contributed by atoms with Crippen LogP contribution in [0.2, 0.25) is 0 Å². The molecule has 0 aliphatic carbocycles. The summed E-state index contributed by atoms with van der Waals surface area (Å²) in [4.78, 5) is 14.9. The molecular weight excluding hydrogens is 451 g/mol. The zero-order valence-electron chi connectivity index (χ0n) is 14.0. The Kier molecular flexibility index (Phi) is 6.74. The summed E-state index contributed by atoms with van der Waals surface area (Å²) in [5.74, 6) is 0.340. The normalized spacial score (nSPS) is 10.4. The van der Waals surface area contributed by atoms with Crippen LogP contribution < -0.4 is 9.64 Å². The predicted octanol–water partition coefficient (Wildman–Crippen LogP) is 4.34. The first-order chi connectivity index (χ1) is 12.0. The Hall–Kier alpha value is -1.71. The molecule has 7 heteroatoms. The molecule has 132 valence electrons. The number of benzene rings is 1. The molecule has 2 aromatic rings. The molecule has 0 saturated heterocycles. The fraction of sp³-hybridized carbons (Fsp3) is 0.167. The van der Waals surface area contributed by atoms with Crippen LogP contribution in [0.4, 0.5) is 5.69 Å². The molecule has 0 aliphatic heterocycles. The number of ketones is 1. The number of hydrogen-bond acceptors (Lipinski definition) is 5. The maximum atomic E-state index is 13.3. The molecule has 0 unspecified atom stereocenters. The number of aromatic nitrogens is 1. The van der Waals surface area contributed by atoms with Gasteiger partial charge in [-0.1, -0.05) is 19.2 Å². The van der Waals surface area contributed by atoms with Gasteiger partial charge >= 0.3 is 0 Å². The maximum Gasteiger partial charge on any atom is 0.216 e. The van der Waals surface area contributed by atoms with Gasteiger partial charge in [-0.2, -0.15) is 0 Å². The fourth-order valence-corrected chi connectivity index (χ4v) is 3.80. The van der Waals surface area contributed by atoms with Crippen molar-refractivity contribution in [3.63, 3.8) is 0 Å². The summed E-state index contributed by atoms with van der Waals surface area (Å²) in [5, 5.41) is 9.41. The maximum absolute atomic E-state index is 13.3. The van der Waals surface area contributed by atoms with E-state index in [0.29, 0.717) is 28.4 Å². The van der Waals surface area contributed by atoms with E-state index >= 15 is 0 Å². The molecule has 0 radical (unpaired) electrons. The third-order valence-corrected chi connectivity index (χ3v) is 5.41. The fourth-order valence-electron chi connectivity index (χ4n) is 2.46. The number of hydrogen-bond donors (Lipinski definition) is 1. The minimum atomic E-state index is -0.240. The standard InChI is InChI=1S/C18H19IN2O3S/c1-5-20(13(3)11-22)15-8-9-21(25-19)17(15)18(23)14-7-6-12(2)10-16(14)24-4/h5-10,22H,1,3,11H2,2,4H3. The van der Waals surface area contributed by atoms with Gasteiger partial charge in [0.15, 0.2) is 0 Å². The molecule has 0 atom stereocenters. The molecule has 5 nitrogen and oxygen atoms in total. The van der Waals surface area contributed by atoms with Crippen LogP contribution in [-0.4, -0.2) is 28.6 Å². The van der Waals surface area contributed by atoms with E-state index in [4.69, 9.17) is 4.74 Å². The molecule has 2 rings (SSSR count). The number of carbonyl (C=O) groups excluding carboxylic acids is 1. The number of ether oxygens (including phenoxy) is 1. The van der Waals surface area contributed by atoms with Gasteiger partial charge in [-0.25, -0.2) is 0 Å². The van der Waals surface area contributed by atoms with E-state index in [1.165, 1.54) is 15.3 Å². The first kappa shape index (κ1) is 19.6. The third kappa shape index (κ3) is 3.94. The predicted molar refractivity (Wildman–Crippen MR) is 112 cm³/mol. The van der Waals surface area contributed by atoms with Crippen molar-refractivity contribution >= 4 is 41.8 Å². The number of aliphatic hydroxyl groups excluding tert-OH is 1. The van der Waals surface area contributed by atoms with E-state index in [1.807, 2.05) is 19.1 Å². The second kappa shape index (κ2) is 8.59. The van der Waals surface area contributed by atoms with Crippen LogP contribution in [0.1, 0.15) is 21.6 Å². The number of anilines is 1. The van der Waals surface area contributed by atoms with Gasteiger partial charge in [0.1, 0.15) is 11.4 Å². The molecule has 0 aliphatic rings. The van der Waals surface area contributed by atoms with Crippen molar-refractivity contribution < 1.29 is 14.6 Å². The van der Waals surface area contributed by atoms with Gasteiger partial charge in [0.2, 0.25) is 5.78 Å². The highest BCUT2D eigenvalue weighted by Gasteiger charge is 2.25. The number of nitrogens with zero attached hydrogens (tertiary/aromatic N) is 2. The van der Waals surface area contributed by atoms with Crippen LogP contribution in [0.5, 0.6) is 5.75 Å². The van der Waals surface area contributed by atoms with Crippen molar-refractivity contribution in [1.82, 2.24) is 3.97 Å². The number of carbonyl (C=O) groups is 1. The highest BCUT2D eigenvalue weighted by Crippen LogP contribution is 2.34. The van der Waals surface area contributed by atoms with Crippen molar-refractivity contribution in [1.29, 1.82) is 0 Å². The largest absolute Gasteiger partial charge is 0.496 e. The lowest BCUT2D eigenvalue weighted by Crippen LogP contribution is -2.20. The van der Waals surface area contributed by atoms with Crippen molar-refractivity contribution in [2.75, 3.05) is 18.6 Å².